The predicted molar refractivity (Wildman–Crippen MR) is 151 cm³/mol. The molecule has 0 saturated carbocycles. The molecule has 3 N–H and O–H groups in total. The fourth-order valence-corrected chi connectivity index (χ4v) is 4.62. The van der Waals surface area contributed by atoms with Gasteiger partial charge < -0.3 is 20.4 Å². The van der Waals surface area contributed by atoms with Crippen molar-refractivity contribution in [1.82, 2.24) is 24.8 Å². The molecule has 5 heterocycles. The first-order chi connectivity index (χ1) is 19.0. The van der Waals surface area contributed by atoms with E-state index in [1.165, 1.54) is 6.39 Å². The number of rotatable bonds is 6. The van der Waals surface area contributed by atoms with Gasteiger partial charge in [0, 0.05) is 48.2 Å². The maximum atomic E-state index is 13.6. The van der Waals surface area contributed by atoms with Gasteiger partial charge in [0.1, 0.15) is 17.1 Å². The Bertz CT molecular complexity index is 1710. The van der Waals surface area contributed by atoms with E-state index in [9.17, 15) is 4.79 Å². The average molecular weight is 521 g/mol. The monoisotopic (exact) mass is 520 g/mol. The lowest BCUT2D eigenvalue weighted by Gasteiger charge is -2.14. The number of nitrogens with zero attached hydrogens (tertiary/aromatic N) is 5. The van der Waals surface area contributed by atoms with Crippen molar-refractivity contribution < 1.29 is 4.42 Å². The summed E-state index contributed by atoms with van der Waals surface area (Å²) in [6.45, 7) is 6.01. The molecule has 1 atom stereocenters. The van der Waals surface area contributed by atoms with Crippen molar-refractivity contribution in [2.24, 2.45) is 4.99 Å². The lowest BCUT2D eigenvalue weighted by Crippen LogP contribution is -2.24. The normalized spacial score (nSPS) is 16.5. The number of hydrogen-bond donors (Lipinski definition) is 3. The minimum atomic E-state index is -0.271. The molecule has 1 unspecified atom stereocenters. The number of aryl methyl sites for hydroxylation is 1. The van der Waals surface area contributed by atoms with Crippen LogP contribution in [0, 0.1) is 18.8 Å². The molecule has 10 heteroatoms. The van der Waals surface area contributed by atoms with Gasteiger partial charge in [-0.15, -0.1) is 0 Å². The van der Waals surface area contributed by atoms with E-state index in [1.807, 2.05) is 44.3 Å². The third-order valence-electron chi connectivity index (χ3n) is 6.88. The van der Waals surface area contributed by atoms with E-state index in [4.69, 9.17) is 9.40 Å². The van der Waals surface area contributed by atoms with Crippen molar-refractivity contribution in [3.63, 3.8) is 0 Å². The summed E-state index contributed by atoms with van der Waals surface area (Å²) in [4.78, 5) is 31.3. The van der Waals surface area contributed by atoms with Crippen LogP contribution in [-0.2, 0) is 6.54 Å². The van der Waals surface area contributed by atoms with Gasteiger partial charge in [0.05, 0.1) is 17.8 Å². The Hall–Kier alpha value is -4.75. The van der Waals surface area contributed by atoms with Gasteiger partial charge in [0.25, 0.3) is 5.56 Å². The Labute approximate surface area is 225 Å². The number of oxazole rings is 1. The molecular formula is C29H28N8O2. The number of aliphatic imine (C=N–C) groups is 1. The highest BCUT2D eigenvalue weighted by Gasteiger charge is 2.16. The van der Waals surface area contributed by atoms with E-state index in [0.717, 1.165) is 42.9 Å². The van der Waals surface area contributed by atoms with Crippen LogP contribution in [-0.4, -0.2) is 44.9 Å². The zero-order valence-corrected chi connectivity index (χ0v) is 21.8. The summed E-state index contributed by atoms with van der Waals surface area (Å²) >= 11 is 0. The molecule has 3 aromatic heterocycles. The first-order valence-corrected chi connectivity index (χ1v) is 12.9. The predicted octanol–water partition coefficient (Wildman–Crippen LogP) is 3.75. The van der Waals surface area contributed by atoms with E-state index in [1.54, 1.807) is 16.8 Å². The van der Waals surface area contributed by atoms with Crippen LogP contribution in [0.25, 0.3) is 11.0 Å². The van der Waals surface area contributed by atoms with Crippen LogP contribution < -0.4 is 21.5 Å². The van der Waals surface area contributed by atoms with Gasteiger partial charge in [-0.1, -0.05) is 5.92 Å². The number of fused-ring (bicyclic) bond motifs is 1. The Morgan fingerprint density at radius 2 is 2.00 bits per heavy atom. The van der Waals surface area contributed by atoms with E-state index >= 15 is 0 Å². The summed E-state index contributed by atoms with van der Waals surface area (Å²) in [7, 11) is 0. The van der Waals surface area contributed by atoms with E-state index in [0.29, 0.717) is 45.7 Å². The molecule has 39 heavy (non-hydrogen) atoms. The average Bonchev–Trinajstić information content (AvgIpc) is 3.70. The van der Waals surface area contributed by atoms with Crippen molar-refractivity contribution in [2.75, 3.05) is 23.7 Å². The molecule has 1 aromatic carbocycles. The van der Waals surface area contributed by atoms with Gasteiger partial charge in [-0.3, -0.25) is 14.4 Å². The Morgan fingerprint density at radius 1 is 1.15 bits per heavy atom. The van der Waals surface area contributed by atoms with E-state index in [2.05, 4.69) is 42.8 Å². The molecule has 1 fully saturated rings. The van der Waals surface area contributed by atoms with E-state index < -0.39 is 0 Å². The summed E-state index contributed by atoms with van der Waals surface area (Å²) in [5, 5.41) is 10.8. The van der Waals surface area contributed by atoms with Crippen molar-refractivity contribution in [2.45, 2.75) is 39.3 Å². The lowest BCUT2D eigenvalue weighted by molar-refractivity contribution is 0.486. The highest BCUT2D eigenvalue weighted by Crippen LogP contribution is 2.21. The van der Waals surface area contributed by atoms with Crippen LogP contribution in [0.15, 0.2) is 68.4 Å². The van der Waals surface area contributed by atoms with Gasteiger partial charge in [-0.05, 0) is 68.6 Å². The molecule has 2 aliphatic rings. The van der Waals surface area contributed by atoms with Crippen LogP contribution >= 0.6 is 0 Å². The summed E-state index contributed by atoms with van der Waals surface area (Å²) in [6, 6.07) is 10.2. The summed E-state index contributed by atoms with van der Waals surface area (Å²) in [5.41, 5.74) is 4.94. The first kappa shape index (κ1) is 24.6. The summed E-state index contributed by atoms with van der Waals surface area (Å²) in [6.07, 6.45) is 6.78. The molecule has 4 aromatic rings. The largest absolute Gasteiger partial charge is 0.446 e. The van der Waals surface area contributed by atoms with Crippen LogP contribution in [0.1, 0.15) is 36.8 Å². The minimum Gasteiger partial charge on any atom is -0.446 e. The smallest absolute Gasteiger partial charge is 0.268 e. The van der Waals surface area contributed by atoms with Crippen LogP contribution in [0.5, 0.6) is 0 Å². The summed E-state index contributed by atoms with van der Waals surface area (Å²) in [5.74, 6) is 7.02. The van der Waals surface area contributed by atoms with Crippen LogP contribution in [0.3, 0.4) is 0 Å². The number of pyridine rings is 1. The van der Waals surface area contributed by atoms with Gasteiger partial charge in [0.15, 0.2) is 6.39 Å². The second-order valence-corrected chi connectivity index (χ2v) is 9.71. The second kappa shape index (κ2) is 10.6. The zero-order valence-electron chi connectivity index (χ0n) is 21.8. The maximum absolute atomic E-state index is 13.6. The second-order valence-electron chi connectivity index (χ2n) is 9.71. The molecule has 0 spiro atoms. The molecule has 196 valence electrons. The molecule has 10 nitrogen and oxygen atoms in total. The highest BCUT2D eigenvalue weighted by molar-refractivity contribution is 5.78. The van der Waals surface area contributed by atoms with Crippen molar-refractivity contribution in [1.29, 1.82) is 0 Å². The standard InChI is InChI=1S/C29H28N8O2/c1-18-9-12-31-25(18)8-3-20-13-21-14-32-29(35-23-6-4-22(5-7-23)34-24-10-11-30-15-24)36-27(21)37(28(20)38)16-26-19(2)33-17-39-26/h4-7,12-14,17,24,30,34H,9-11,15-16H2,1-2H3,(H,32,35,36). The molecule has 0 aliphatic carbocycles. The minimum absolute atomic E-state index is 0.170. The van der Waals surface area contributed by atoms with Gasteiger partial charge in [-0.25, -0.2) is 9.97 Å². The molecule has 6 rings (SSSR count). The third-order valence-corrected chi connectivity index (χ3v) is 6.88. The Balaban J connectivity index is 1.33. The number of allylic oxidation sites excluding steroid dienone is 2. The Kier molecular flexibility index (Phi) is 6.65. The van der Waals surface area contributed by atoms with E-state index in [-0.39, 0.29) is 12.1 Å². The van der Waals surface area contributed by atoms with Gasteiger partial charge in [-0.2, -0.15) is 4.98 Å². The highest BCUT2D eigenvalue weighted by atomic mass is 16.3. The number of hydrogen-bond acceptors (Lipinski definition) is 9. The van der Waals surface area contributed by atoms with Crippen LogP contribution in [0.4, 0.5) is 17.3 Å². The number of benzene rings is 1. The van der Waals surface area contributed by atoms with Gasteiger partial charge >= 0.3 is 0 Å². The maximum Gasteiger partial charge on any atom is 0.268 e. The number of aromatic nitrogens is 4. The molecular weight excluding hydrogens is 492 g/mol. The fourth-order valence-electron chi connectivity index (χ4n) is 4.62. The Morgan fingerprint density at radius 3 is 2.72 bits per heavy atom. The fraction of sp³-hybridized carbons (Fsp3) is 0.276. The lowest BCUT2D eigenvalue weighted by atomic mass is 10.2. The molecule has 0 radical (unpaired) electrons. The quantitative estimate of drug-likeness (QED) is 0.329. The topological polar surface area (TPSA) is 122 Å². The first-order valence-electron chi connectivity index (χ1n) is 12.9. The molecule has 0 amide bonds. The van der Waals surface area contributed by atoms with Crippen molar-refractivity contribution >= 4 is 34.6 Å². The van der Waals surface area contributed by atoms with Crippen molar-refractivity contribution in [3.8, 4) is 11.8 Å². The zero-order chi connectivity index (χ0) is 26.8. The third kappa shape index (κ3) is 5.30. The van der Waals surface area contributed by atoms with Gasteiger partial charge in [0.2, 0.25) is 5.95 Å². The number of nitrogens with one attached hydrogen (secondary N) is 3. The summed E-state index contributed by atoms with van der Waals surface area (Å²) < 4.78 is 7.11. The number of anilines is 3. The van der Waals surface area contributed by atoms with Crippen molar-refractivity contribution in [3.05, 3.63) is 81.6 Å². The molecule has 0 bridgehead atoms. The van der Waals surface area contributed by atoms with Crippen LogP contribution in [0.2, 0.25) is 0 Å². The SMILES string of the molecule is CC1=C(C#Cc2cc3cnc(Nc4ccc(NC5CCNC5)cc4)nc3n(Cc3ocnc3C)c2=O)N=CC1. The molecule has 2 aliphatic heterocycles. The molecule has 1 saturated heterocycles.